The molecule has 0 unspecified atom stereocenters. The first kappa shape index (κ1) is 10.1. The highest BCUT2D eigenvalue weighted by Gasteiger charge is 2.05. The monoisotopic (exact) mass is 183 g/mol. The summed E-state index contributed by atoms with van der Waals surface area (Å²) in [7, 11) is 0. The topological polar surface area (TPSA) is 38.3 Å². The van der Waals surface area contributed by atoms with Crippen molar-refractivity contribution in [1.82, 2.24) is 5.32 Å². The molecule has 13 heavy (non-hydrogen) atoms. The first-order valence-electron chi connectivity index (χ1n) is 4.94. The van der Waals surface area contributed by atoms with Crippen LogP contribution >= 0.6 is 0 Å². The molecular weight excluding hydrogens is 166 g/mol. The standard InChI is InChI=1S/C10H17NO2/c1-2-13-10(12)8-9-6-4-3-5-7-11-9/h8,11H,2-7H2,1H3. The van der Waals surface area contributed by atoms with Gasteiger partial charge in [0.15, 0.2) is 0 Å². The molecule has 1 rings (SSSR count). The highest BCUT2D eigenvalue weighted by molar-refractivity contribution is 5.82. The molecule has 3 heteroatoms. The molecule has 0 atom stereocenters. The van der Waals surface area contributed by atoms with E-state index in [9.17, 15) is 4.79 Å². The molecule has 74 valence electrons. The van der Waals surface area contributed by atoms with Gasteiger partial charge in [0.2, 0.25) is 0 Å². The maximum absolute atomic E-state index is 11.1. The molecule has 1 fully saturated rings. The molecule has 0 aromatic carbocycles. The van der Waals surface area contributed by atoms with Gasteiger partial charge in [0.1, 0.15) is 0 Å². The van der Waals surface area contributed by atoms with Gasteiger partial charge >= 0.3 is 5.97 Å². The SMILES string of the molecule is CCOC(=O)C=C1CCCCCN1. The van der Waals surface area contributed by atoms with Gasteiger partial charge in [-0.05, 0) is 26.2 Å². The smallest absolute Gasteiger partial charge is 0.332 e. The van der Waals surface area contributed by atoms with Crippen LogP contribution in [0.4, 0.5) is 0 Å². The Morgan fingerprint density at radius 1 is 1.54 bits per heavy atom. The number of rotatable bonds is 2. The van der Waals surface area contributed by atoms with Gasteiger partial charge in [-0.1, -0.05) is 6.42 Å². The number of ether oxygens (including phenoxy) is 1. The average molecular weight is 183 g/mol. The third-order valence-corrected chi connectivity index (χ3v) is 2.05. The van der Waals surface area contributed by atoms with E-state index < -0.39 is 0 Å². The summed E-state index contributed by atoms with van der Waals surface area (Å²) in [4.78, 5) is 11.1. The molecule has 0 spiro atoms. The summed E-state index contributed by atoms with van der Waals surface area (Å²) in [6.07, 6.45) is 6.15. The van der Waals surface area contributed by atoms with Crippen molar-refractivity contribution < 1.29 is 9.53 Å². The van der Waals surface area contributed by atoms with E-state index in [0.717, 1.165) is 25.1 Å². The van der Waals surface area contributed by atoms with Gasteiger partial charge in [0, 0.05) is 18.3 Å². The summed E-state index contributed by atoms with van der Waals surface area (Å²) < 4.78 is 4.83. The molecule has 0 aromatic heterocycles. The minimum absolute atomic E-state index is 0.230. The first-order chi connectivity index (χ1) is 6.33. The third kappa shape index (κ3) is 3.97. The second kappa shape index (κ2) is 5.62. The summed E-state index contributed by atoms with van der Waals surface area (Å²) in [5.74, 6) is -0.230. The van der Waals surface area contributed by atoms with Crippen molar-refractivity contribution in [3.05, 3.63) is 11.8 Å². The molecule has 0 aliphatic carbocycles. The predicted octanol–water partition coefficient (Wildman–Crippen LogP) is 1.60. The summed E-state index contributed by atoms with van der Waals surface area (Å²) in [6.45, 7) is 3.24. The van der Waals surface area contributed by atoms with Crippen molar-refractivity contribution in [2.75, 3.05) is 13.2 Å². The van der Waals surface area contributed by atoms with E-state index in [1.54, 1.807) is 6.08 Å². The normalized spacial score (nSPS) is 20.5. The van der Waals surface area contributed by atoms with Crippen LogP contribution in [0.15, 0.2) is 11.8 Å². The van der Waals surface area contributed by atoms with E-state index in [2.05, 4.69) is 5.32 Å². The zero-order valence-corrected chi connectivity index (χ0v) is 8.14. The van der Waals surface area contributed by atoms with Crippen LogP contribution in [0, 0.1) is 0 Å². The van der Waals surface area contributed by atoms with E-state index in [1.807, 2.05) is 6.92 Å². The van der Waals surface area contributed by atoms with Crippen LogP contribution < -0.4 is 5.32 Å². The largest absolute Gasteiger partial charge is 0.463 e. The summed E-state index contributed by atoms with van der Waals surface area (Å²) in [5, 5.41) is 3.23. The quantitative estimate of drug-likeness (QED) is 0.522. The van der Waals surface area contributed by atoms with E-state index in [-0.39, 0.29) is 5.97 Å². The van der Waals surface area contributed by atoms with E-state index in [0.29, 0.717) is 6.61 Å². The lowest BCUT2D eigenvalue weighted by atomic mass is 10.2. The number of carbonyl (C=O) groups excluding carboxylic acids is 1. The molecule has 1 saturated heterocycles. The lowest BCUT2D eigenvalue weighted by Crippen LogP contribution is -2.14. The summed E-state index contributed by atoms with van der Waals surface area (Å²) in [5.41, 5.74) is 1.02. The average Bonchev–Trinajstić information content (AvgIpc) is 2.33. The number of nitrogens with one attached hydrogen (secondary N) is 1. The van der Waals surface area contributed by atoms with Crippen molar-refractivity contribution in [2.45, 2.75) is 32.6 Å². The second-order valence-corrected chi connectivity index (χ2v) is 3.16. The summed E-state index contributed by atoms with van der Waals surface area (Å²) in [6, 6.07) is 0. The lowest BCUT2D eigenvalue weighted by Gasteiger charge is -2.05. The lowest BCUT2D eigenvalue weighted by molar-refractivity contribution is -0.137. The van der Waals surface area contributed by atoms with Crippen molar-refractivity contribution in [1.29, 1.82) is 0 Å². The molecule has 1 heterocycles. The Bertz CT molecular complexity index is 189. The van der Waals surface area contributed by atoms with Gasteiger partial charge in [-0.3, -0.25) is 0 Å². The fraction of sp³-hybridized carbons (Fsp3) is 0.700. The fourth-order valence-corrected chi connectivity index (χ4v) is 1.40. The van der Waals surface area contributed by atoms with Crippen LogP contribution in [0.2, 0.25) is 0 Å². The second-order valence-electron chi connectivity index (χ2n) is 3.16. The molecule has 0 amide bonds. The fourth-order valence-electron chi connectivity index (χ4n) is 1.40. The van der Waals surface area contributed by atoms with Gasteiger partial charge in [-0.2, -0.15) is 0 Å². The molecule has 0 saturated carbocycles. The Morgan fingerprint density at radius 3 is 3.15 bits per heavy atom. The molecule has 0 bridgehead atoms. The third-order valence-electron chi connectivity index (χ3n) is 2.05. The molecular formula is C10H17NO2. The molecule has 1 aliphatic rings. The Labute approximate surface area is 79.2 Å². The maximum atomic E-state index is 11.1. The zero-order chi connectivity index (χ0) is 9.52. The summed E-state index contributed by atoms with van der Waals surface area (Å²) >= 11 is 0. The number of carbonyl (C=O) groups is 1. The number of hydrogen-bond acceptors (Lipinski definition) is 3. The van der Waals surface area contributed by atoms with Crippen LogP contribution in [0.5, 0.6) is 0 Å². The van der Waals surface area contributed by atoms with Crippen molar-refractivity contribution in [3.8, 4) is 0 Å². The van der Waals surface area contributed by atoms with Crippen LogP contribution in [0.1, 0.15) is 32.6 Å². The van der Waals surface area contributed by atoms with Crippen LogP contribution in [0.3, 0.4) is 0 Å². The van der Waals surface area contributed by atoms with Gasteiger partial charge in [0.25, 0.3) is 0 Å². The van der Waals surface area contributed by atoms with Crippen molar-refractivity contribution >= 4 is 5.97 Å². The molecule has 1 N–H and O–H groups in total. The highest BCUT2D eigenvalue weighted by Crippen LogP contribution is 2.10. The number of esters is 1. The Hall–Kier alpha value is -0.990. The van der Waals surface area contributed by atoms with Gasteiger partial charge in [0.05, 0.1) is 6.61 Å². The molecule has 1 aliphatic heterocycles. The molecule has 3 nitrogen and oxygen atoms in total. The van der Waals surface area contributed by atoms with Crippen LogP contribution in [-0.2, 0) is 9.53 Å². The van der Waals surface area contributed by atoms with Gasteiger partial charge in [-0.15, -0.1) is 0 Å². The van der Waals surface area contributed by atoms with Gasteiger partial charge in [-0.25, -0.2) is 4.79 Å². The number of allylic oxidation sites excluding steroid dienone is 1. The molecule has 0 radical (unpaired) electrons. The van der Waals surface area contributed by atoms with E-state index in [4.69, 9.17) is 4.74 Å². The van der Waals surface area contributed by atoms with Crippen LogP contribution in [0.25, 0.3) is 0 Å². The Morgan fingerprint density at radius 2 is 2.38 bits per heavy atom. The van der Waals surface area contributed by atoms with Crippen molar-refractivity contribution in [3.63, 3.8) is 0 Å². The maximum Gasteiger partial charge on any atom is 0.332 e. The Kier molecular flexibility index (Phi) is 4.36. The minimum Gasteiger partial charge on any atom is -0.463 e. The zero-order valence-electron chi connectivity index (χ0n) is 8.14. The molecule has 0 aromatic rings. The highest BCUT2D eigenvalue weighted by atomic mass is 16.5. The van der Waals surface area contributed by atoms with Crippen molar-refractivity contribution in [2.24, 2.45) is 0 Å². The van der Waals surface area contributed by atoms with E-state index >= 15 is 0 Å². The first-order valence-corrected chi connectivity index (χ1v) is 4.94. The van der Waals surface area contributed by atoms with Crippen LogP contribution in [-0.4, -0.2) is 19.1 Å². The Balaban J connectivity index is 2.42. The predicted molar refractivity (Wildman–Crippen MR) is 51.2 cm³/mol. The van der Waals surface area contributed by atoms with E-state index in [1.165, 1.54) is 12.8 Å². The van der Waals surface area contributed by atoms with Gasteiger partial charge < -0.3 is 10.1 Å². The number of hydrogen-bond donors (Lipinski definition) is 1. The minimum atomic E-state index is -0.230.